The van der Waals surface area contributed by atoms with E-state index in [0.717, 1.165) is 128 Å². The number of hydrogen-bond donors (Lipinski definition) is 0. The molecular formula is C59H96O5. The van der Waals surface area contributed by atoms with Crippen LogP contribution in [-0.4, -0.2) is 37.9 Å². The van der Waals surface area contributed by atoms with E-state index in [-0.39, 0.29) is 25.2 Å². The smallest absolute Gasteiger partial charge is 0.306 e. The Morgan fingerprint density at radius 2 is 0.703 bits per heavy atom. The Morgan fingerprint density at radius 1 is 0.359 bits per heavy atom. The van der Waals surface area contributed by atoms with Gasteiger partial charge in [0.2, 0.25) is 0 Å². The van der Waals surface area contributed by atoms with Crippen molar-refractivity contribution in [2.24, 2.45) is 0 Å². The second-order valence-corrected chi connectivity index (χ2v) is 16.7. The van der Waals surface area contributed by atoms with Crippen LogP contribution in [0.5, 0.6) is 0 Å². The van der Waals surface area contributed by atoms with E-state index >= 15 is 0 Å². The maximum absolute atomic E-state index is 12.8. The van der Waals surface area contributed by atoms with Gasteiger partial charge in [-0.15, -0.1) is 0 Å². The third kappa shape index (κ3) is 50.9. The van der Waals surface area contributed by atoms with Crippen LogP contribution in [-0.2, 0) is 23.8 Å². The molecule has 0 amide bonds. The summed E-state index contributed by atoms with van der Waals surface area (Å²) < 4.78 is 17.3. The van der Waals surface area contributed by atoms with E-state index in [1.165, 1.54) is 51.4 Å². The molecule has 0 radical (unpaired) electrons. The first-order chi connectivity index (χ1) is 31.6. The normalized spacial score (nSPS) is 13.2. The van der Waals surface area contributed by atoms with E-state index in [1.807, 2.05) is 0 Å². The summed E-state index contributed by atoms with van der Waals surface area (Å²) in [6, 6.07) is 0. The first-order valence-corrected chi connectivity index (χ1v) is 26.1. The van der Waals surface area contributed by atoms with Crippen molar-refractivity contribution in [2.75, 3.05) is 19.8 Å². The molecule has 5 heteroatoms. The molecule has 0 aliphatic carbocycles. The average Bonchev–Trinajstić information content (AvgIpc) is 3.30. The van der Waals surface area contributed by atoms with Crippen LogP contribution in [0.4, 0.5) is 0 Å². The Bertz CT molecular complexity index is 1320. The third-order valence-corrected chi connectivity index (χ3v) is 10.5. The van der Waals surface area contributed by atoms with Crippen molar-refractivity contribution in [1.29, 1.82) is 0 Å². The largest absolute Gasteiger partial charge is 0.462 e. The summed E-state index contributed by atoms with van der Waals surface area (Å²) in [5.41, 5.74) is 0. The van der Waals surface area contributed by atoms with Gasteiger partial charge in [-0.25, -0.2) is 0 Å². The van der Waals surface area contributed by atoms with E-state index < -0.39 is 6.10 Å². The molecule has 1 atom stereocenters. The zero-order valence-electron chi connectivity index (χ0n) is 41.5. The van der Waals surface area contributed by atoms with Gasteiger partial charge in [0.05, 0.1) is 6.61 Å². The van der Waals surface area contributed by atoms with Crippen molar-refractivity contribution in [3.8, 4) is 0 Å². The molecule has 0 rings (SSSR count). The molecule has 0 saturated carbocycles. The molecule has 0 bridgehead atoms. The minimum absolute atomic E-state index is 0.0437. The number of unbranched alkanes of at least 4 members (excludes halogenated alkanes) is 15. The lowest BCUT2D eigenvalue weighted by molar-refractivity contribution is -0.163. The van der Waals surface area contributed by atoms with E-state index in [0.29, 0.717) is 19.4 Å². The summed E-state index contributed by atoms with van der Waals surface area (Å²) in [6.07, 6.45) is 75.0. The maximum atomic E-state index is 12.8. The highest BCUT2D eigenvalue weighted by molar-refractivity contribution is 5.70. The third-order valence-electron chi connectivity index (χ3n) is 10.5. The highest BCUT2D eigenvalue weighted by Gasteiger charge is 2.17. The Kier molecular flexibility index (Phi) is 50.5. The molecule has 0 N–H and O–H groups in total. The average molecular weight is 885 g/mol. The second-order valence-electron chi connectivity index (χ2n) is 16.7. The zero-order chi connectivity index (χ0) is 46.3. The minimum atomic E-state index is -0.586. The van der Waals surface area contributed by atoms with Crippen LogP contribution in [0.1, 0.15) is 213 Å². The van der Waals surface area contributed by atoms with Crippen LogP contribution in [0.25, 0.3) is 0 Å². The number of ether oxygens (including phenoxy) is 3. The van der Waals surface area contributed by atoms with Gasteiger partial charge >= 0.3 is 11.9 Å². The van der Waals surface area contributed by atoms with Crippen LogP contribution < -0.4 is 0 Å². The minimum Gasteiger partial charge on any atom is -0.462 e. The van der Waals surface area contributed by atoms with Gasteiger partial charge in [0.25, 0.3) is 0 Å². The van der Waals surface area contributed by atoms with Gasteiger partial charge in [-0.1, -0.05) is 194 Å². The molecule has 0 aromatic heterocycles. The quantitative estimate of drug-likeness (QED) is 0.0346. The van der Waals surface area contributed by atoms with Gasteiger partial charge in [-0.2, -0.15) is 0 Å². The Hall–Kier alpha value is -3.70. The highest BCUT2D eigenvalue weighted by Crippen LogP contribution is 2.12. The number of rotatable bonds is 46. The molecule has 0 aromatic carbocycles. The fourth-order valence-electron chi connectivity index (χ4n) is 6.64. The van der Waals surface area contributed by atoms with Gasteiger partial charge < -0.3 is 14.2 Å². The van der Waals surface area contributed by atoms with Crippen LogP contribution in [0, 0.1) is 0 Å². The van der Waals surface area contributed by atoms with E-state index in [9.17, 15) is 9.59 Å². The number of esters is 2. The number of hydrogen-bond acceptors (Lipinski definition) is 5. The zero-order valence-corrected chi connectivity index (χ0v) is 41.5. The first-order valence-electron chi connectivity index (χ1n) is 26.1. The van der Waals surface area contributed by atoms with Gasteiger partial charge in [-0.05, 0) is 128 Å². The van der Waals surface area contributed by atoms with Crippen molar-refractivity contribution in [3.05, 3.63) is 122 Å². The predicted molar refractivity (Wildman–Crippen MR) is 279 cm³/mol. The van der Waals surface area contributed by atoms with E-state index in [1.54, 1.807) is 0 Å². The summed E-state index contributed by atoms with van der Waals surface area (Å²) >= 11 is 0. The Balaban J connectivity index is 4.43. The number of carbonyl (C=O) groups is 2. The Labute approximate surface area is 395 Å². The number of carbonyl (C=O) groups excluding carboxylic acids is 2. The lowest BCUT2D eigenvalue weighted by Gasteiger charge is -2.18. The summed E-state index contributed by atoms with van der Waals surface area (Å²) in [5, 5.41) is 0. The summed E-state index contributed by atoms with van der Waals surface area (Å²) in [5.74, 6) is -0.480. The molecule has 0 aliphatic heterocycles. The summed E-state index contributed by atoms with van der Waals surface area (Å²) in [7, 11) is 0. The van der Waals surface area contributed by atoms with Gasteiger partial charge in [-0.3, -0.25) is 9.59 Å². The standard InChI is InChI=1S/C59H96O5/c1-4-7-10-13-16-19-22-25-28-30-32-34-37-40-43-46-49-52-58(60)63-56-57(55-62-54-51-48-45-42-39-36-33-29-26-23-20-17-14-11-8-5-2)64-59(61)53-50-47-44-41-38-35-31-27-24-21-18-15-12-9-6-3/h8-9,11-12,16-21,25-29,31,36,38-39,41,57H,4-7,10,13-15,22-24,30,32-35,37,40,42-56H2,1-3H3/b11-8-,12-9-,19-16-,20-17-,21-18-,28-25-,29-26-,31-27-,39-36-,41-38-. The molecule has 0 heterocycles. The molecule has 0 saturated heterocycles. The van der Waals surface area contributed by atoms with Crippen LogP contribution >= 0.6 is 0 Å². The molecule has 0 spiro atoms. The topological polar surface area (TPSA) is 61.8 Å². The fourth-order valence-corrected chi connectivity index (χ4v) is 6.64. The SMILES string of the molecule is CC/C=C\C/C=C\C/C=C\C/C=C\CCCCCOCC(COC(=O)CCCCCCCCC/C=C\C/C=C\CCCCC)OC(=O)CCCC/C=C\C/C=C\C/C=C\C/C=C\CC. The summed E-state index contributed by atoms with van der Waals surface area (Å²) in [4.78, 5) is 25.4. The summed E-state index contributed by atoms with van der Waals surface area (Å²) in [6.45, 7) is 7.44. The Morgan fingerprint density at radius 3 is 1.16 bits per heavy atom. The van der Waals surface area contributed by atoms with Crippen molar-refractivity contribution < 1.29 is 23.8 Å². The molecule has 0 fully saturated rings. The molecule has 362 valence electrons. The van der Waals surface area contributed by atoms with Crippen molar-refractivity contribution in [1.82, 2.24) is 0 Å². The molecule has 1 unspecified atom stereocenters. The van der Waals surface area contributed by atoms with E-state index in [4.69, 9.17) is 14.2 Å². The van der Waals surface area contributed by atoms with E-state index in [2.05, 4.69) is 142 Å². The number of allylic oxidation sites excluding steroid dienone is 20. The van der Waals surface area contributed by atoms with Crippen molar-refractivity contribution >= 4 is 11.9 Å². The van der Waals surface area contributed by atoms with Crippen LogP contribution in [0.3, 0.4) is 0 Å². The van der Waals surface area contributed by atoms with Gasteiger partial charge in [0.15, 0.2) is 6.10 Å². The molecular weight excluding hydrogens is 789 g/mol. The highest BCUT2D eigenvalue weighted by atomic mass is 16.6. The van der Waals surface area contributed by atoms with Crippen molar-refractivity contribution in [2.45, 2.75) is 219 Å². The van der Waals surface area contributed by atoms with Gasteiger partial charge in [0, 0.05) is 19.4 Å². The maximum Gasteiger partial charge on any atom is 0.306 e. The monoisotopic (exact) mass is 885 g/mol. The molecule has 5 nitrogen and oxygen atoms in total. The molecule has 64 heavy (non-hydrogen) atoms. The fraction of sp³-hybridized carbons (Fsp3) is 0.627. The lowest BCUT2D eigenvalue weighted by atomic mass is 10.1. The second kappa shape index (κ2) is 53.6. The van der Waals surface area contributed by atoms with Crippen molar-refractivity contribution in [3.63, 3.8) is 0 Å². The predicted octanol–water partition coefficient (Wildman–Crippen LogP) is 17.8. The molecule has 0 aromatic rings. The van der Waals surface area contributed by atoms with Crippen LogP contribution in [0.2, 0.25) is 0 Å². The lowest BCUT2D eigenvalue weighted by Crippen LogP contribution is -2.30. The van der Waals surface area contributed by atoms with Gasteiger partial charge in [0.1, 0.15) is 6.61 Å². The van der Waals surface area contributed by atoms with Crippen LogP contribution in [0.15, 0.2) is 122 Å². The first kappa shape index (κ1) is 60.3. The molecule has 0 aliphatic rings.